The van der Waals surface area contributed by atoms with Crippen molar-refractivity contribution in [3.63, 3.8) is 0 Å². The van der Waals surface area contributed by atoms with E-state index in [1.54, 1.807) is 27.1 Å². The second-order valence-corrected chi connectivity index (χ2v) is 9.84. The molecule has 2 aromatic carbocycles. The van der Waals surface area contributed by atoms with Crippen molar-refractivity contribution in [1.29, 1.82) is 0 Å². The van der Waals surface area contributed by atoms with Gasteiger partial charge in [-0.1, -0.05) is 29.3 Å². The highest BCUT2D eigenvalue weighted by atomic mass is 35.5. The Kier molecular flexibility index (Phi) is 11.9. The lowest BCUT2D eigenvalue weighted by atomic mass is 10.1. The topological polar surface area (TPSA) is 98.5 Å². The molecule has 1 N–H and O–H groups in total. The van der Waals surface area contributed by atoms with Crippen LogP contribution in [0.2, 0.25) is 10.0 Å². The molecule has 0 aliphatic heterocycles. The summed E-state index contributed by atoms with van der Waals surface area (Å²) >= 11 is 17.8. The summed E-state index contributed by atoms with van der Waals surface area (Å²) in [5, 5.41) is 5.89. The lowest BCUT2D eigenvalue weighted by Gasteiger charge is -2.12. The first-order valence-corrected chi connectivity index (χ1v) is 12.9. The maximum Gasteiger partial charge on any atom is 0.355 e. The summed E-state index contributed by atoms with van der Waals surface area (Å²) in [7, 11) is 3.37. The van der Waals surface area contributed by atoms with E-state index < -0.39 is 29.4 Å². The number of urea groups is 1. The highest BCUT2D eigenvalue weighted by Gasteiger charge is 2.23. The Morgan fingerprint density at radius 3 is 2.30 bits per heavy atom. The van der Waals surface area contributed by atoms with Crippen LogP contribution in [0.3, 0.4) is 0 Å². The minimum absolute atomic E-state index is 0.0424. The average Bonchev–Trinajstić information content (AvgIpc) is 3.17. The van der Waals surface area contributed by atoms with E-state index in [0.717, 1.165) is 17.7 Å². The molecule has 0 spiro atoms. The Morgan fingerprint density at radius 1 is 1.12 bits per heavy atom. The standard InChI is InChI=1S/C15H14Cl2F3N3O3.C10H13ClN2O/c1-3-26-13(24)10(17)4-8-5-12(11(18)6-9(8)16)23-15(25)22(14(19)20)7(2)21-23;1-7-4-5-8(6-9(7)11)12-10(14)13(2)3/h5-6,10,14H,3-4H2,1-2H3;4-6H,1-3H3,(H,12,14). The van der Waals surface area contributed by atoms with E-state index in [0.29, 0.717) is 15.4 Å². The summed E-state index contributed by atoms with van der Waals surface area (Å²) in [5.74, 6) is -1.92. The Morgan fingerprint density at radius 2 is 1.77 bits per heavy atom. The second kappa shape index (κ2) is 14.4. The van der Waals surface area contributed by atoms with Gasteiger partial charge >= 0.3 is 24.2 Å². The molecule has 0 saturated carbocycles. The van der Waals surface area contributed by atoms with Crippen LogP contribution in [-0.4, -0.2) is 57.3 Å². The number of anilines is 1. The zero-order chi connectivity index (χ0) is 30.3. The number of alkyl halides is 3. The molecule has 1 unspecified atom stereocenters. The molecule has 0 saturated heterocycles. The minimum Gasteiger partial charge on any atom is -0.465 e. The van der Waals surface area contributed by atoms with Crippen LogP contribution in [0.25, 0.3) is 5.69 Å². The number of benzene rings is 2. The van der Waals surface area contributed by atoms with Crippen LogP contribution in [0.4, 0.5) is 23.7 Å². The fourth-order valence-corrected chi connectivity index (χ4v) is 3.81. The van der Waals surface area contributed by atoms with Crippen LogP contribution in [0, 0.1) is 19.7 Å². The number of amides is 2. The second-order valence-electron chi connectivity index (χ2n) is 8.50. The van der Waals surface area contributed by atoms with Gasteiger partial charge in [0.05, 0.1) is 6.61 Å². The number of carbonyl (C=O) groups is 2. The van der Waals surface area contributed by atoms with Crippen molar-refractivity contribution < 1.29 is 27.5 Å². The number of hydrogen-bond acceptors (Lipinski definition) is 5. The number of nitrogens with zero attached hydrogens (tertiary/aromatic N) is 4. The summed E-state index contributed by atoms with van der Waals surface area (Å²) in [6.45, 7) is 1.72. The molecular formula is C25H27Cl3F3N5O4. The summed E-state index contributed by atoms with van der Waals surface area (Å²) in [4.78, 5) is 36.5. The van der Waals surface area contributed by atoms with Gasteiger partial charge in [-0.25, -0.2) is 18.5 Å². The number of esters is 1. The van der Waals surface area contributed by atoms with Crippen molar-refractivity contribution in [2.45, 2.75) is 39.1 Å². The number of aryl methyl sites for hydroxylation is 2. The molecule has 0 aliphatic carbocycles. The zero-order valence-electron chi connectivity index (χ0n) is 22.1. The molecule has 3 rings (SSSR count). The molecular weight excluding hydrogens is 598 g/mol. The highest BCUT2D eigenvalue weighted by molar-refractivity contribution is 6.32. The van der Waals surface area contributed by atoms with E-state index in [2.05, 4.69) is 10.4 Å². The van der Waals surface area contributed by atoms with Gasteiger partial charge in [-0.2, -0.15) is 13.5 Å². The molecule has 40 heavy (non-hydrogen) atoms. The molecule has 0 fully saturated rings. The van der Waals surface area contributed by atoms with Crippen molar-refractivity contribution >= 4 is 52.5 Å². The molecule has 15 heteroatoms. The predicted octanol–water partition coefficient (Wildman–Crippen LogP) is 5.98. The molecule has 0 aliphatic rings. The van der Waals surface area contributed by atoms with Crippen molar-refractivity contribution in [2.75, 3.05) is 26.0 Å². The van der Waals surface area contributed by atoms with Crippen LogP contribution in [-0.2, 0) is 16.0 Å². The first-order valence-electron chi connectivity index (χ1n) is 11.7. The normalized spacial score (nSPS) is 11.5. The molecule has 9 nitrogen and oxygen atoms in total. The molecule has 0 radical (unpaired) electrons. The Hall–Kier alpha value is -3.22. The van der Waals surface area contributed by atoms with E-state index in [1.165, 1.54) is 11.8 Å². The number of hydrogen-bond donors (Lipinski definition) is 1. The van der Waals surface area contributed by atoms with Gasteiger partial charge in [-0.05, 0) is 56.2 Å². The third-order valence-corrected chi connectivity index (χ3v) is 6.38. The number of halogens is 6. The van der Waals surface area contributed by atoms with Crippen molar-refractivity contribution in [1.82, 2.24) is 19.2 Å². The number of ether oxygens (including phenoxy) is 1. The highest BCUT2D eigenvalue weighted by Crippen LogP contribution is 2.26. The van der Waals surface area contributed by atoms with Crippen LogP contribution in [0.1, 0.15) is 30.4 Å². The van der Waals surface area contributed by atoms with E-state index in [1.807, 2.05) is 19.1 Å². The number of carbonyl (C=O) groups excluding carboxylic acids is 2. The van der Waals surface area contributed by atoms with Crippen LogP contribution < -0.4 is 11.0 Å². The monoisotopic (exact) mass is 623 g/mol. The Bertz CT molecular complexity index is 1430. The first-order chi connectivity index (χ1) is 18.7. The first kappa shape index (κ1) is 33.0. The van der Waals surface area contributed by atoms with E-state index >= 15 is 0 Å². The lowest BCUT2D eigenvalue weighted by Crippen LogP contribution is -2.27. The molecule has 1 aromatic heterocycles. The van der Waals surface area contributed by atoms with E-state index in [4.69, 9.17) is 39.5 Å². The summed E-state index contributed by atoms with van der Waals surface area (Å²) in [6.07, 6.45) is -0.115. The third-order valence-electron chi connectivity index (χ3n) is 5.29. The molecule has 218 valence electrons. The van der Waals surface area contributed by atoms with Gasteiger partial charge in [0.25, 0.3) is 0 Å². The van der Waals surface area contributed by atoms with Gasteiger partial charge < -0.3 is 15.0 Å². The molecule has 2 amide bonds. The third kappa shape index (κ3) is 8.39. The van der Waals surface area contributed by atoms with Gasteiger partial charge in [-0.3, -0.25) is 4.79 Å². The zero-order valence-corrected chi connectivity index (χ0v) is 24.4. The fraction of sp³-hybridized carbons (Fsp3) is 0.360. The fourth-order valence-electron chi connectivity index (χ4n) is 3.17. The molecule has 1 atom stereocenters. The summed E-state index contributed by atoms with van der Waals surface area (Å²) in [5.41, 5.74) is 0.336. The maximum absolute atomic E-state index is 14.2. The van der Waals surface area contributed by atoms with Gasteiger partial charge in [0.2, 0.25) is 0 Å². The van der Waals surface area contributed by atoms with Crippen LogP contribution >= 0.6 is 34.8 Å². The lowest BCUT2D eigenvalue weighted by molar-refractivity contribution is -0.142. The Balaban J connectivity index is 0.000000337. The number of nitrogens with one attached hydrogen (secondary N) is 1. The smallest absolute Gasteiger partial charge is 0.355 e. The van der Waals surface area contributed by atoms with Gasteiger partial charge in [0.1, 0.15) is 16.9 Å². The van der Waals surface area contributed by atoms with Crippen LogP contribution in [0.5, 0.6) is 0 Å². The predicted molar refractivity (Wildman–Crippen MR) is 148 cm³/mol. The minimum atomic E-state index is -3.12. The quantitative estimate of drug-likeness (QED) is 0.258. The SMILES string of the molecule is CCOC(=O)C(Cl)Cc1cc(-n2nc(C)n(C(F)F)c2=O)c(F)cc1Cl.Cc1ccc(NC(=O)N(C)C)cc1Cl. The Labute approximate surface area is 243 Å². The molecule has 1 heterocycles. The largest absolute Gasteiger partial charge is 0.465 e. The summed E-state index contributed by atoms with van der Waals surface area (Å²) in [6, 6.07) is 7.29. The van der Waals surface area contributed by atoms with Crippen molar-refractivity contribution in [2.24, 2.45) is 0 Å². The molecule has 0 bridgehead atoms. The van der Waals surface area contributed by atoms with E-state index in [9.17, 15) is 27.6 Å². The van der Waals surface area contributed by atoms with Gasteiger partial charge in [0.15, 0.2) is 5.82 Å². The van der Waals surface area contributed by atoms with Crippen molar-refractivity contribution in [3.8, 4) is 5.69 Å². The number of rotatable bonds is 7. The van der Waals surface area contributed by atoms with Crippen molar-refractivity contribution in [3.05, 3.63) is 73.6 Å². The van der Waals surface area contributed by atoms with Crippen LogP contribution in [0.15, 0.2) is 35.1 Å². The number of aromatic nitrogens is 3. The van der Waals surface area contributed by atoms with E-state index in [-0.39, 0.29) is 45.7 Å². The summed E-state index contributed by atoms with van der Waals surface area (Å²) < 4.78 is 45.5. The average molecular weight is 625 g/mol. The maximum atomic E-state index is 14.2. The van der Waals surface area contributed by atoms with Gasteiger partial charge in [-0.15, -0.1) is 16.7 Å². The molecule has 3 aromatic rings. The van der Waals surface area contributed by atoms with Gasteiger partial charge in [0, 0.05) is 36.2 Å².